The van der Waals surface area contributed by atoms with Gasteiger partial charge in [-0.25, -0.2) is 0 Å². The van der Waals surface area contributed by atoms with Crippen molar-refractivity contribution in [2.75, 3.05) is 13.5 Å². The molecule has 0 N–H and O–H groups in total. The van der Waals surface area contributed by atoms with Crippen molar-refractivity contribution in [1.82, 2.24) is 0 Å². The van der Waals surface area contributed by atoms with Crippen LogP contribution in [0.5, 0.6) is 0 Å². The zero-order chi connectivity index (χ0) is 3.41. The zero-order valence-electron chi connectivity index (χ0n) is 3.10. The molecule has 1 atom stereocenters. The fraction of sp³-hybridized carbons (Fsp3) is 1.00. The molecule has 0 radical (unpaired) electrons. The van der Waals surface area contributed by atoms with Gasteiger partial charge in [0.05, 0.1) is 6.35 Å². The number of hydrogen-bond donors (Lipinski definition) is 0. The van der Waals surface area contributed by atoms with E-state index in [4.69, 9.17) is 0 Å². The Balaban J connectivity index is 0. The van der Waals surface area contributed by atoms with Gasteiger partial charge >= 0.3 is 0 Å². The maximum absolute atomic E-state index is 4.50. The third-order valence-corrected chi connectivity index (χ3v) is 0.500. The second kappa shape index (κ2) is 8.85. The molecule has 0 aliphatic heterocycles. The highest BCUT2D eigenvalue weighted by atomic mass is 31.0. The largest absolute Gasteiger partial charge is 0.381 e. The maximum atomic E-state index is 4.50. The Bertz CT molecular complexity index is 11.6. The molecular formula is C2H8FOP. The lowest BCUT2D eigenvalue weighted by atomic mass is 11.5. The molecule has 0 aromatic rings. The molecule has 0 aliphatic carbocycles. The van der Waals surface area contributed by atoms with E-state index in [1.807, 2.05) is 0 Å². The maximum Gasteiger partial charge on any atom is 0.0598 e. The summed E-state index contributed by atoms with van der Waals surface area (Å²) in [6.07, 6.45) is 0.736. The van der Waals surface area contributed by atoms with Crippen LogP contribution in [0.25, 0.3) is 0 Å². The van der Waals surface area contributed by atoms with Gasteiger partial charge < -0.3 is 4.74 Å². The Hall–Kier alpha value is 0.320. The van der Waals surface area contributed by atoms with Crippen LogP contribution in [0.15, 0.2) is 0 Å². The van der Waals surface area contributed by atoms with Gasteiger partial charge in [0.25, 0.3) is 0 Å². The molecule has 0 amide bonds. The third kappa shape index (κ3) is 13.3. The van der Waals surface area contributed by atoms with Crippen LogP contribution in [0.4, 0.5) is 4.70 Å². The van der Waals surface area contributed by atoms with Gasteiger partial charge in [-0.1, -0.05) is 0 Å². The lowest BCUT2D eigenvalue weighted by Gasteiger charge is -1.76. The van der Waals surface area contributed by atoms with Crippen molar-refractivity contribution in [3.8, 4) is 0 Å². The average molecular weight is 98.1 g/mol. The summed E-state index contributed by atoms with van der Waals surface area (Å²) >= 11 is 0. The summed E-state index contributed by atoms with van der Waals surface area (Å²) in [5.74, 6) is 0. The smallest absolute Gasteiger partial charge is 0.0598 e. The van der Waals surface area contributed by atoms with E-state index >= 15 is 0 Å². The minimum absolute atomic E-state index is 0. The second-order valence-electron chi connectivity index (χ2n) is 0.455. The van der Waals surface area contributed by atoms with Gasteiger partial charge in [-0.15, -0.1) is 9.24 Å². The zero-order valence-corrected chi connectivity index (χ0v) is 4.26. The van der Waals surface area contributed by atoms with Crippen LogP contribution in [0.1, 0.15) is 0 Å². The molecule has 0 aromatic carbocycles. The predicted octanol–water partition coefficient (Wildman–Crippen LogP) is 0.618. The highest BCUT2D eigenvalue weighted by molar-refractivity contribution is 7.16. The molecule has 3 heteroatoms. The Morgan fingerprint density at radius 2 is 2.00 bits per heavy atom. The summed E-state index contributed by atoms with van der Waals surface area (Å²) in [4.78, 5) is 0. The Morgan fingerprint density at radius 1 is 1.80 bits per heavy atom. The molecule has 0 saturated heterocycles. The normalized spacial score (nSPS) is 6.00. The van der Waals surface area contributed by atoms with Crippen molar-refractivity contribution >= 4 is 9.24 Å². The van der Waals surface area contributed by atoms with Gasteiger partial charge in [-0.2, -0.15) is 0 Å². The van der Waals surface area contributed by atoms with Crippen molar-refractivity contribution in [3.63, 3.8) is 0 Å². The van der Waals surface area contributed by atoms with E-state index in [-0.39, 0.29) is 4.70 Å². The van der Waals surface area contributed by atoms with Crippen molar-refractivity contribution in [1.29, 1.82) is 0 Å². The summed E-state index contributed by atoms with van der Waals surface area (Å²) in [6, 6.07) is 0. The Kier molecular flexibility index (Phi) is 15.9. The molecule has 0 fully saturated rings. The van der Waals surface area contributed by atoms with Crippen molar-refractivity contribution < 1.29 is 9.44 Å². The van der Waals surface area contributed by atoms with Gasteiger partial charge in [0.15, 0.2) is 0 Å². The first-order chi connectivity index (χ1) is 1.91. The molecule has 1 nitrogen and oxygen atoms in total. The lowest BCUT2D eigenvalue weighted by Crippen LogP contribution is -1.67. The summed E-state index contributed by atoms with van der Waals surface area (Å²) < 4.78 is 4.50. The summed E-state index contributed by atoms with van der Waals surface area (Å²) in [5.41, 5.74) is 0. The quantitative estimate of drug-likeness (QED) is 0.437. The molecule has 0 aromatic heterocycles. The topological polar surface area (TPSA) is 9.23 Å². The molecule has 0 bridgehead atoms. The molecule has 0 aliphatic rings. The van der Waals surface area contributed by atoms with Crippen LogP contribution in [-0.4, -0.2) is 13.5 Å². The average Bonchev–Trinajstić information content (AvgIpc) is 1.37. The second-order valence-corrected chi connectivity index (χ2v) is 0.789. The van der Waals surface area contributed by atoms with Crippen molar-refractivity contribution in [2.24, 2.45) is 0 Å². The van der Waals surface area contributed by atoms with Crippen LogP contribution < -0.4 is 0 Å². The van der Waals surface area contributed by atoms with Crippen LogP contribution in [0.3, 0.4) is 0 Å². The molecule has 0 heterocycles. The van der Waals surface area contributed by atoms with Gasteiger partial charge in [0.1, 0.15) is 0 Å². The van der Waals surface area contributed by atoms with E-state index in [1.54, 1.807) is 7.11 Å². The fourth-order valence-corrected chi connectivity index (χ4v) is 0. The molecule has 0 rings (SSSR count). The van der Waals surface area contributed by atoms with Crippen LogP contribution in [0, 0.1) is 0 Å². The molecule has 34 valence electrons. The van der Waals surface area contributed by atoms with Crippen LogP contribution >= 0.6 is 9.24 Å². The number of halogens is 1. The molecular weight excluding hydrogens is 90.0 g/mol. The first-order valence-electron chi connectivity index (χ1n) is 1.11. The summed E-state index contributed by atoms with van der Waals surface area (Å²) in [6.45, 7) is 0. The van der Waals surface area contributed by atoms with E-state index in [9.17, 15) is 0 Å². The predicted molar refractivity (Wildman–Crippen MR) is 24.1 cm³/mol. The number of ether oxygens (including phenoxy) is 1. The first-order valence-corrected chi connectivity index (χ1v) is 1.92. The summed E-state index contributed by atoms with van der Waals surface area (Å²) in [5, 5.41) is 0. The molecule has 5 heavy (non-hydrogen) atoms. The first kappa shape index (κ1) is 9.01. The number of rotatable bonds is 1. The number of methoxy groups -OCH3 is 1. The monoisotopic (exact) mass is 98.0 g/mol. The third-order valence-electron chi connectivity index (χ3n) is 0.167. The molecule has 0 spiro atoms. The van der Waals surface area contributed by atoms with Gasteiger partial charge in [-0.3, -0.25) is 4.70 Å². The van der Waals surface area contributed by atoms with Gasteiger partial charge in [-0.05, 0) is 0 Å². The van der Waals surface area contributed by atoms with E-state index in [1.165, 1.54) is 0 Å². The van der Waals surface area contributed by atoms with E-state index < -0.39 is 0 Å². The van der Waals surface area contributed by atoms with Crippen molar-refractivity contribution in [2.45, 2.75) is 0 Å². The lowest BCUT2D eigenvalue weighted by molar-refractivity contribution is 0.258. The van der Waals surface area contributed by atoms with E-state index in [0.29, 0.717) is 0 Å². The van der Waals surface area contributed by atoms with E-state index in [0.717, 1.165) is 6.35 Å². The fourth-order valence-electron chi connectivity index (χ4n) is 0. The van der Waals surface area contributed by atoms with Gasteiger partial charge in [0.2, 0.25) is 0 Å². The highest BCUT2D eigenvalue weighted by Gasteiger charge is 1.51. The SMILES string of the molecule is COCP.F. The van der Waals surface area contributed by atoms with Crippen LogP contribution in [0.2, 0.25) is 0 Å². The molecule has 1 unspecified atom stereocenters. The standard InChI is InChI=1S/C2H7OP.FH/c1-3-2-4;/h2,4H2,1H3;1H. The highest BCUT2D eigenvalue weighted by Crippen LogP contribution is 1.73. The Labute approximate surface area is 33.3 Å². The number of hydrogen-bond acceptors (Lipinski definition) is 1. The Morgan fingerprint density at radius 3 is 2.00 bits per heavy atom. The minimum atomic E-state index is 0. The van der Waals surface area contributed by atoms with Crippen LogP contribution in [-0.2, 0) is 4.74 Å². The van der Waals surface area contributed by atoms with Gasteiger partial charge in [0, 0.05) is 7.11 Å². The summed E-state index contributed by atoms with van der Waals surface area (Å²) in [7, 11) is 4.09. The molecule has 0 saturated carbocycles. The van der Waals surface area contributed by atoms with Crippen molar-refractivity contribution in [3.05, 3.63) is 0 Å². The minimum Gasteiger partial charge on any atom is -0.381 e. The van der Waals surface area contributed by atoms with E-state index in [2.05, 4.69) is 14.0 Å².